The van der Waals surface area contributed by atoms with Crippen molar-refractivity contribution in [2.24, 2.45) is 5.92 Å². The average molecular weight is 786 g/mol. The maximum atomic E-state index is 2.66. The van der Waals surface area contributed by atoms with Gasteiger partial charge < -0.3 is 37.2 Å². The van der Waals surface area contributed by atoms with Gasteiger partial charge in [0.1, 0.15) is 0 Å². The average Bonchev–Trinajstić information content (AvgIpc) is 3.42. The summed E-state index contributed by atoms with van der Waals surface area (Å²) in [5, 5.41) is 4.71. The molecule has 0 radical (unpaired) electrons. The first kappa shape index (κ1) is 47.0. The van der Waals surface area contributed by atoms with E-state index in [1.54, 1.807) is 21.1 Å². The summed E-state index contributed by atoms with van der Waals surface area (Å²) >= 11 is 2.63. The summed E-state index contributed by atoms with van der Waals surface area (Å²) in [5.41, 5.74) is 10.4. The van der Waals surface area contributed by atoms with Crippen molar-refractivity contribution in [3.05, 3.63) is 112 Å². The molecule has 50 heavy (non-hydrogen) atoms. The van der Waals surface area contributed by atoms with Gasteiger partial charge in [-0.1, -0.05) is 0 Å². The maximum Gasteiger partial charge on any atom is -1.00 e. The molecule has 0 bridgehead atoms. The van der Waals surface area contributed by atoms with E-state index in [1.165, 1.54) is 33.4 Å². The van der Waals surface area contributed by atoms with Crippen LogP contribution in [0, 0.1) is 5.92 Å². The van der Waals surface area contributed by atoms with Crippen LogP contribution in [0.25, 0.3) is 0 Å². The summed E-state index contributed by atoms with van der Waals surface area (Å²) in [6, 6.07) is 23.4. The van der Waals surface area contributed by atoms with E-state index in [4.69, 9.17) is 0 Å². The Bertz CT molecular complexity index is 1400. The predicted molar refractivity (Wildman–Crippen MR) is 208 cm³/mol. The first-order chi connectivity index (χ1) is 22.0. The molecular weight excluding hydrogens is 723 g/mol. The van der Waals surface area contributed by atoms with Gasteiger partial charge in [-0.25, -0.2) is 0 Å². The standard InChI is InChI=1S/C45H63Si.3ClH.Ti/c1-15-34(14)44-17-16-18-45(44)46(41-22-35(28(2)3)19-36(23-41)29(4)5,42-24-37(30(6)7)20-38(25-42)31(8)9)43-26-39(32(10)11)21-40(27-43)33(12)13;;;;/h16-34H,15H2,1-14H3;3*1H;/q;;;;+3/p-3. The molecule has 272 valence electrons. The van der Waals surface area contributed by atoms with Crippen molar-refractivity contribution in [2.75, 3.05) is 0 Å². The molecule has 5 heteroatoms. The molecule has 0 saturated carbocycles. The Kier molecular flexibility index (Phi) is 17.7. The largest absolute Gasteiger partial charge is 1.00 e. The number of hydrogen-bond donors (Lipinski definition) is 0. The molecule has 0 aliphatic heterocycles. The van der Waals surface area contributed by atoms with Gasteiger partial charge in [0.15, 0.2) is 0 Å². The van der Waals surface area contributed by atoms with Crippen LogP contribution in [0.1, 0.15) is 172 Å². The smallest absolute Gasteiger partial charge is 1.00 e. The van der Waals surface area contributed by atoms with Crippen LogP contribution >= 0.6 is 0 Å². The molecule has 0 N–H and O–H groups in total. The third-order valence-corrected chi connectivity index (χ3v) is 18.6. The van der Waals surface area contributed by atoms with Gasteiger partial charge in [0.25, 0.3) is 0 Å². The van der Waals surface area contributed by atoms with Crippen LogP contribution in [0.15, 0.2) is 78.4 Å². The SMILES string of the molecule is CCC(C)C1=CC=C[C]1([Ti+3])[Si](c1cc(C(C)C)cc(C(C)C)c1)(c1cc(C(C)C)cc(C(C)C)c1)c1cc(C(C)C)cc(C(C)C)c1.[Cl-].[Cl-].[Cl-]. The summed E-state index contributed by atoms with van der Waals surface area (Å²) in [5.74, 6) is 3.23. The zero-order valence-corrected chi connectivity index (χ0v) is 38.1. The predicted octanol–water partition coefficient (Wildman–Crippen LogP) is 2.70. The minimum Gasteiger partial charge on any atom is -1.00 e. The Hall–Kier alpha value is -1.06. The van der Waals surface area contributed by atoms with Gasteiger partial charge in [0.2, 0.25) is 0 Å². The molecule has 0 fully saturated rings. The van der Waals surface area contributed by atoms with Crippen molar-refractivity contribution in [3.8, 4) is 0 Å². The Morgan fingerprint density at radius 2 is 0.740 bits per heavy atom. The van der Waals surface area contributed by atoms with Crippen LogP contribution in [0.2, 0.25) is 3.34 Å². The third kappa shape index (κ3) is 9.00. The van der Waals surface area contributed by atoms with Crippen LogP contribution in [0.5, 0.6) is 0 Å². The van der Waals surface area contributed by atoms with Crippen molar-refractivity contribution >= 4 is 23.6 Å². The molecular formula is C45H63Cl3SiTi. The van der Waals surface area contributed by atoms with Crippen LogP contribution in [-0.2, 0) is 20.4 Å². The number of rotatable bonds is 12. The van der Waals surface area contributed by atoms with E-state index in [2.05, 4.69) is 190 Å². The fraction of sp³-hybridized carbons (Fsp3) is 0.511. The summed E-state index contributed by atoms with van der Waals surface area (Å²) in [6.45, 7) is 33.3. The van der Waals surface area contributed by atoms with Gasteiger partial charge in [0.05, 0.1) is 0 Å². The molecule has 0 amide bonds. The molecule has 2 unspecified atom stereocenters. The monoisotopic (exact) mass is 784 g/mol. The number of hydrogen-bond acceptors (Lipinski definition) is 0. The van der Waals surface area contributed by atoms with E-state index < -0.39 is 8.07 Å². The topological polar surface area (TPSA) is 0 Å². The molecule has 3 aromatic carbocycles. The van der Waals surface area contributed by atoms with Crippen LogP contribution in [0.3, 0.4) is 0 Å². The van der Waals surface area contributed by atoms with Gasteiger partial charge in [0, 0.05) is 0 Å². The maximum absolute atomic E-state index is 2.88. The normalized spacial score (nSPS) is 16.6. The van der Waals surface area contributed by atoms with E-state index >= 15 is 0 Å². The minimum absolute atomic E-state index is 0. The third-order valence-electron chi connectivity index (χ3n) is 11.0. The van der Waals surface area contributed by atoms with Gasteiger partial charge >= 0.3 is 304 Å². The van der Waals surface area contributed by atoms with Crippen molar-refractivity contribution < 1.29 is 57.7 Å². The molecule has 1 aliphatic rings. The Balaban J connectivity index is 0.00000417. The van der Waals surface area contributed by atoms with Crippen molar-refractivity contribution in [3.63, 3.8) is 0 Å². The first-order valence-corrected chi connectivity index (χ1v) is 21.4. The van der Waals surface area contributed by atoms with E-state index in [9.17, 15) is 0 Å². The summed E-state index contributed by atoms with van der Waals surface area (Å²) < 4.78 is -0.139. The molecule has 0 nitrogen and oxygen atoms in total. The molecule has 0 spiro atoms. The van der Waals surface area contributed by atoms with Crippen molar-refractivity contribution in [1.29, 1.82) is 0 Å². The molecule has 0 heterocycles. The number of allylic oxidation sites excluding steroid dienone is 4. The van der Waals surface area contributed by atoms with Gasteiger partial charge in [-0.3, -0.25) is 0 Å². The summed E-state index contributed by atoms with van der Waals surface area (Å²) in [7, 11) is -2.88. The Labute approximate surface area is 338 Å². The Morgan fingerprint density at radius 1 is 0.480 bits per heavy atom. The molecule has 2 atom stereocenters. The Morgan fingerprint density at radius 3 is 0.960 bits per heavy atom. The van der Waals surface area contributed by atoms with E-state index in [0.717, 1.165) is 6.42 Å². The van der Waals surface area contributed by atoms with Gasteiger partial charge in [-0.15, -0.1) is 0 Å². The fourth-order valence-corrected chi connectivity index (χ4v) is 16.0. The molecule has 0 aromatic heterocycles. The number of benzene rings is 3. The molecule has 1 aliphatic carbocycles. The molecule has 3 aromatic rings. The van der Waals surface area contributed by atoms with Crippen LogP contribution in [0.4, 0.5) is 0 Å². The van der Waals surface area contributed by atoms with E-state index in [0.29, 0.717) is 41.4 Å². The zero-order valence-electron chi connectivity index (χ0n) is 33.3. The second-order valence-corrected chi connectivity index (χ2v) is 22.5. The van der Waals surface area contributed by atoms with Gasteiger partial charge in [-0.05, 0) is 0 Å². The number of halogens is 3. The van der Waals surface area contributed by atoms with Crippen LogP contribution in [-0.4, -0.2) is 8.07 Å². The summed E-state index contributed by atoms with van der Waals surface area (Å²) in [4.78, 5) is 0. The quantitative estimate of drug-likeness (QED) is 0.196. The van der Waals surface area contributed by atoms with Crippen molar-refractivity contribution in [2.45, 2.75) is 142 Å². The second-order valence-electron chi connectivity index (χ2n) is 16.4. The van der Waals surface area contributed by atoms with Crippen LogP contribution < -0.4 is 52.8 Å². The fourth-order valence-electron chi connectivity index (χ4n) is 7.50. The van der Waals surface area contributed by atoms with E-state index in [-0.39, 0.29) is 40.6 Å². The minimum atomic E-state index is -2.88. The molecule has 0 saturated heterocycles. The zero-order chi connectivity index (χ0) is 35.0. The van der Waals surface area contributed by atoms with Gasteiger partial charge in [-0.2, -0.15) is 0 Å². The first-order valence-electron chi connectivity index (χ1n) is 18.6. The second kappa shape index (κ2) is 18.8. The van der Waals surface area contributed by atoms with Crippen molar-refractivity contribution in [1.82, 2.24) is 0 Å². The van der Waals surface area contributed by atoms with E-state index in [1.807, 2.05) is 0 Å². The molecule has 4 rings (SSSR count). The summed E-state index contributed by atoms with van der Waals surface area (Å²) in [6.07, 6.45) is 8.68.